The van der Waals surface area contributed by atoms with Crippen molar-refractivity contribution >= 4 is 15.7 Å². The van der Waals surface area contributed by atoms with Crippen molar-refractivity contribution in [1.82, 2.24) is 9.21 Å². The molecule has 2 saturated heterocycles. The number of nitrogens with zero attached hydrogens (tertiary/aromatic N) is 3. The molecule has 25 heavy (non-hydrogen) atoms. The molecule has 7 nitrogen and oxygen atoms in total. The van der Waals surface area contributed by atoms with Crippen LogP contribution in [0, 0.1) is 24.0 Å². The lowest BCUT2D eigenvalue weighted by atomic mass is 9.99. The minimum absolute atomic E-state index is 0.0651. The van der Waals surface area contributed by atoms with Gasteiger partial charge in [-0.15, -0.1) is 0 Å². The Morgan fingerprint density at radius 3 is 2.60 bits per heavy atom. The summed E-state index contributed by atoms with van der Waals surface area (Å²) in [6.07, 6.45) is 3.29. The van der Waals surface area contributed by atoms with E-state index < -0.39 is 14.9 Å². The van der Waals surface area contributed by atoms with E-state index in [4.69, 9.17) is 0 Å². The fraction of sp³-hybridized carbons (Fsp3) is 0.647. The minimum Gasteiger partial charge on any atom is -0.297 e. The largest absolute Gasteiger partial charge is 0.297 e. The van der Waals surface area contributed by atoms with E-state index in [0.717, 1.165) is 25.9 Å². The molecule has 0 aliphatic carbocycles. The van der Waals surface area contributed by atoms with Crippen LogP contribution in [0.2, 0.25) is 0 Å². The van der Waals surface area contributed by atoms with Crippen molar-refractivity contribution in [2.45, 2.75) is 57.0 Å². The molecule has 1 aromatic carbocycles. The minimum atomic E-state index is -3.77. The Kier molecular flexibility index (Phi) is 4.87. The van der Waals surface area contributed by atoms with Crippen molar-refractivity contribution in [3.8, 4) is 0 Å². The molecule has 0 unspecified atom stereocenters. The summed E-state index contributed by atoms with van der Waals surface area (Å²) in [5.74, 6) is 0. The van der Waals surface area contributed by atoms with Crippen LogP contribution in [0.3, 0.4) is 0 Å². The maximum atomic E-state index is 13.3. The van der Waals surface area contributed by atoms with Crippen molar-refractivity contribution in [2.24, 2.45) is 0 Å². The van der Waals surface area contributed by atoms with E-state index in [1.165, 1.54) is 18.6 Å². The summed E-state index contributed by atoms with van der Waals surface area (Å²) in [7, 11) is -3.77. The summed E-state index contributed by atoms with van der Waals surface area (Å²) < 4.78 is 28.2. The van der Waals surface area contributed by atoms with Gasteiger partial charge < -0.3 is 0 Å². The van der Waals surface area contributed by atoms with Crippen LogP contribution in [-0.4, -0.2) is 54.3 Å². The number of rotatable bonds is 3. The fourth-order valence-electron chi connectivity index (χ4n) is 3.97. The SMILES string of the molecule is Cc1cc([N+](=O)[O-])cc(S(=O)(=O)N2C[C@H]3CCCCN3C[C@@H]2C)c1C. The molecule has 0 bridgehead atoms. The lowest BCUT2D eigenvalue weighted by Gasteiger charge is -2.46. The van der Waals surface area contributed by atoms with Gasteiger partial charge in [0.05, 0.1) is 9.82 Å². The molecule has 0 amide bonds. The second-order valence-electron chi connectivity index (χ2n) is 7.21. The summed E-state index contributed by atoms with van der Waals surface area (Å²) in [5.41, 5.74) is 1.03. The van der Waals surface area contributed by atoms with Crippen LogP contribution < -0.4 is 0 Å². The number of fused-ring (bicyclic) bond motifs is 1. The molecular formula is C17H25N3O4S. The Balaban J connectivity index is 2.00. The predicted molar refractivity (Wildman–Crippen MR) is 95.1 cm³/mol. The highest BCUT2D eigenvalue weighted by molar-refractivity contribution is 7.89. The van der Waals surface area contributed by atoms with Gasteiger partial charge in [-0.05, 0) is 51.3 Å². The van der Waals surface area contributed by atoms with Gasteiger partial charge >= 0.3 is 0 Å². The number of non-ortho nitro benzene ring substituents is 1. The summed E-state index contributed by atoms with van der Waals surface area (Å²) in [6, 6.07) is 2.74. The van der Waals surface area contributed by atoms with Crippen molar-refractivity contribution < 1.29 is 13.3 Å². The summed E-state index contributed by atoms with van der Waals surface area (Å²) in [6.45, 7) is 7.55. The number of benzene rings is 1. The van der Waals surface area contributed by atoms with Crippen LogP contribution in [0.25, 0.3) is 0 Å². The topological polar surface area (TPSA) is 83.8 Å². The van der Waals surface area contributed by atoms with E-state index in [1.54, 1.807) is 18.2 Å². The van der Waals surface area contributed by atoms with Gasteiger partial charge in [0.25, 0.3) is 5.69 Å². The molecule has 8 heteroatoms. The number of hydrogen-bond donors (Lipinski definition) is 0. The Bertz CT molecular complexity index is 793. The highest BCUT2D eigenvalue weighted by atomic mass is 32.2. The van der Waals surface area contributed by atoms with Crippen molar-refractivity contribution in [1.29, 1.82) is 0 Å². The number of piperazine rings is 1. The van der Waals surface area contributed by atoms with Crippen molar-refractivity contribution in [3.63, 3.8) is 0 Å². The summed E-state index contributed by atoms with van der Waals surface area (Å²) in [5, 5.41) is 11.2. The lowest BCUT2D eigenvalue weighted by Crippen LogP contribution is -2.59. The first-order valence-electron chi connectivity index (χ1n) is 8.73. The molecule has 2 heterocycles. The third-order valence-electron chi connectivity index (χ3n) is 5.53. The van der Waals surface area contributed by atoms with E-state index in [0.29, 0.717) is 17.7 Å². The van der Waals surface area contributed by atoms with Gasteiger partial charge in [-0.2, -0.15) is 4.31 Å². The normalized spacial score (nSPS) is 25.6. The Hall–Kier alpha value is -1.51. The molecule has 0 saturated carbocycles. The van der Waals surface area contributed by atoms with Gasteiger partial charge in [-0.3, -0.25) is 15.0 Å². The number of hydrogen-bond acceptors (Lipinski definition) is 5. The summed E-state index contributed by atoms with van der Waals surface area (Å²) >= 11 is 0. The monoisotopic (exact) mass is 367 g/mol. The first-order chi connectivity index (χ1) is 11.7. The number of nitro benzene ring substituents is 1. The fourth-order valence-corrected chi connectivity index (χ4v) is 5.95. The average molecular weight is 367 g/mol. The zero-order chi connectivity index (χ0) is 18.4. The maximum Gasteiger partial charge on any atom is 0.271 e. The van der Waals surface area contributed by atoms with Gasteiger partial charge in [-0.1, -0.05) is 6.42 Å². The molecule has 1 aromatic rings. The smallest absolute Gasteiger partial charge is 0.271 e. The third-order valence-corrected chi connectivity index (χ3v) is 7.64. The number of nitro groups is 1. The zero-order valence-corrected chi connectivity index (χ0v) is 15.8. The quantitative estimate of drug-likeness (QED) is 0.605. The van der Waals surface area contributed by atoms with Crippen LogP contribution in [0.15, 0.2) is 17.0 Å². The second-order valence-corrected chi connectivity index (χ2v) is 9.07. The number of piperidine rings is 1. The standard InChI is InChI=1S/C17H25N3O4S/c1-12-8-16(20(21)22)9-17(14(12)3)25(23,24)19-11-15-6-4-5-7-18(15)10-13(19)2/h8-9,13,15H,4-7,10-11H2,1-3H3/t13-,15+/m0/s1. The predicted octanol–water partition coefficient (Wildman–Crippen LogP) is 2.46. The number of aryl methyl sites for hydroxylation is 1. The molecule has 0 N–H and O–H groups in total. The van der Waals surface area contributed by atoms with E-state index in [-0.39, 0.29) is 22.7 Å². The van der Waals surface area contributed by atoms with Crippen molar-refractivity contribution in [2.75, 3.05) is 19.6 Å². The first kappa shape index (κ1) is 18.3. The van der Waals surface area contributed by atoms with E-state index in [1.807, 2.05) is 6.92 Å². The zero-order valence-electron chi connectivity index (χ0n) is 14.9. The second kappa shape index (κ2) is 6.66. The van der Waals surface area contributed by atoms with Crippen LogP contribution in [0.5, 0.6) is 0 Å². The molecule has 0 radical (unpaired) electrons. The third kappa shape index (κ3) is 3.30. The summed E-state index contributed by atoms with van der Waals surface area (Å²) in [4.78, 5) is 13.1. The Labute approximate surface area is 148 Å². The first-order valence-corrected chi connectivity index (χ1v) is 10.2. The molecule has 2 aliphatic heterocycles. The van der Waals surface area contributed by atoms with Gasteiger partial charge in [0.2, 0.25) is 10.0 Å². The molecule has 2 fully saturated rings. The molecule has 2 aliphatic rings. The van der Waals surface area contributed by atoms with E-state index in [9.17, 15) is 18.5 Å². The molecular weight excluding hydrogens is 342 g/mol. The highest BCUT2D eigenvalue weighted by Crippen LogP contribution is 2.32. The van der Waals surface area contributed by atoms with Crippen LogP contribution in [0.1, 0.15) is 37.3 Å². The van der Waals surface area contributed by atoms with Gasteiger partial charge in [-0.25, -0.2) is 8.42 Å². The lowest BCUT2D eigenvalue weighted by molar-refractivity contribution is -0.385. The highest BCUT2D eigenvalue weighted by Gasteiger charge is 2.40. The molecule has 138 valence electrons. The van der Waals surface area contributed by atoms with Crippen LogP contribution in [0.4, 0.5) is 5.69 Å². The van der Waals surface area contributed by atoms with Gasteiger partial charge in [0.15, 0.2) is 0 Å². The van der Waals surface area contributed by atoms with Crippen LogP contribution in [-0.2, 0) is 10.0 Å². The van der Waals surface area contributed by atoms with Crippen LogP contribution >= 0.6 is 0 Å². The Morgan fingerprint density at radius 2 is 1.92 bits per heavy atom. The maximum absolute atomic E-state index is 13.3. The average Bonchev–Trinajstić information content (AvgIpc) is 2.56. The molecule has 0 aromatic heterocycles. The van der Waals surface area contributed by atoms with Gasteiger partial charge in [0.1, 0.15) is 0 Å². The van der Waals surface area contributed by atoms with E-state index in [2.05, 4.69) is 4.90 Å². The molecule has 0 spiro atoms. The number of sulfonamides is 1. The van der Waals surface area contributed by atoms with Gasteiger partial charge in [0, 0.05) is 37.3 Å². The Morgan fingerprint density at radius 1 is 1.20 bits per heavy atom. The van der Waals surface area contributed by atoms with Crippen molar-refractivity contribution in [3.05, 3.63) is 33.4 Å². The molecule has 3 rings (SSSR count). The van der Waals surface area contributed by atoms with E-state index >= 15 is 0 Å². The molecule has 2 atom stereocenters.